The Hall–Kier alpha value is -1.96. The predicted molar refractivity (Wildman–Crippen MR) is 106 cm³/mol. The van der Waals surface area contributed by atoms with Gasteiger partial charge in [0.25, 0.3) is 0 Å². The summed E-state index contributed by atoms with van der Waals surface area (Å²) in [5.74, 6) is -0.0257. The van der Waals surface area contributed by atoms with Crippen molar-refractivity contribution in [2.24, 2.45) is 5.41 Å². The second-order valence-electron chi connectivity index (χ2n) is 7.01. The SMILES string of the molecule is COCC1(CNC(=O)Cc2nnn(-c3ccccc3)c2C)CCNCC1.Cl. The Balaban J connectivity index is 0.00000261. The Morgan fingerprint density at radius 3 is 2.67 bits per heavy atom. The number of nitrogens with zero attached hydrogens (tertiary/aromatic N) is 3. The third-order valence-corrected chi connectivity index (χ3v) is 5.09. The molecule has 27 heavy (non-hydrogen) atoms. The van der Waals surface area contributed by atoms with Crippen LogP contribution in [-0.2, 0) is 16.0 Å². The van der Waals surface area contributed by atoms with E-state index in [0.29, 0.717) is 18.8 Å². The average Bonchev–Trinajstić information content (AvgIpc) is 3.02. The summed E-state index contributed by atoms with van der Waals surface area (Å²) in [7, 11) is 1.72. The maximum absolute atomic E-state index is 12.5. The molecule has 1 aromatic heterocycles. The van der Waals surface area contributed by atoms with Gasteiger partial charge in [0.2, 0.25) is 5.91 Å². The Labute approximate surface area is 166 Å². The zero-order valence-electron chi connectivity index (χ0n) is 15.9. The number of carbonyl (C=O) groups excluding carboxylic acids is 1. The zero-order valence-corrected chi connectivity index (χ0v) is 16.7. The van der Waals surface area contributed by atoms with Crippen LogP contribution in [-0.4, -0.2) is 54.3 Å². The van der Waals surface area contributed by atoms with Gasteiger partial charge in [0.15, 0.2) is 0 Å². The molecule has 0 bridgehead atoms. The number of nitrogens with one attached hydrogen (secondary N) is 2. The van der Waals surface area contributed by atoms with Gasteiger partial charge in [-0.25, -0.2) is 4.68 Å². The number of para-hydroxylation sites is 1. The van der Waals surface area contributed by atoms with Crippen LogP contribution in [0.1, 0.15) is 24.2 Å². The van der Waals surface area contributed by atoms with Crippen LogP contribution >= 0.6 is 12.4 Å². The Kier molecular flexibility index (Phi) is 7.77. The van der Waals surface area contributed by atoms with E-state index >= 15 is 0 Å². The first-order valence-corrected chi connectivity index (χ1v) is 9.06. The molecule has 0 radical (unpaired) electrons. The van der Waals surface area contributed by atoms with Crippen LogP contribution in [0.5, 0.6) is 0 Å². The average molecular weight is 394 g/mol. The highest BCUT2D eigenvalue weighted by molar-refractivity contribution is 5.85. The minimum Gasteiger partial charge on any atom is -0.384 e. The normalized spacial score (nSPS) is 15.8. The van der Waals surface area contributed by atoms with Crippen LogP contribution < -0.4 is 10.6 Å². The van der Waals surface area contributed by atoms with Crippen molar-refractivity contribution >= 4 is 18.3 Å². The van der Waals surface area contributed by atoms with Crippen molar-refractivity contribution in [2.45, 2.75) is 26.2 Å². The van der Waals surface area contributed by atoms with E-state index in [1.165, 1.54) is 0 Å². The molecule has 8 heteroatoms. The number of benzene rings is 1. The van der Waals surface area contributed by atoms with E-state index in [1.54, 1.807) is 11.8 Å². The van der Waals surface area contributed by atoms with Gasteiger partial charge in [0, 0.05) is 19.1 Å². The lowest BCUT2D eigenvalue weighted by molar-refractivity contribution is -0.121. The number of aromatic nitrogens is 3. The number of rotatable bonds is 7. The lowest BCUT2D eigenvalue weighted by atomic mass is 9.79. The Bertz CT molecular complexity index is 723. The minimum atomic E-state index is -0.0257. The van der Waals surface area contributed by atoms with E-state index in [-0.39, 0.29) is 30.2 Å². The molecule has 148 valence electrons. The number of hydrogen-bond acceptors (Lipinski definition) is 5. The summed E-state index contributed by atoms with van der Waals surface area (Å²) in [6, 6.07) is 9.81. The molecule has 0 atom stereocenters. The van der Waals surface area contributed by atoms with E-state index < -0.39 is 0 Å². The molecule has 1 aromatic carbocycles. The van der Waals surface area contributed by atoms with Gasteiger partial charge in [-0.2, -0.15) is 0 Å². The third kappa shape index (κ3) is 5.28. The van der Waals surface area contributed by atoms with Gasteiger partial charge in [0.05, 0.1) is 30.1 Å². The molecule has 1 saturated heterocycles. The number of piperidine rings is 1. The third-order valence-electron chi connectivity index (χ3n) is 5.09. The Morgan fingerprint density at radius 2 is 2.00 bits per heavy atom. The quantitative estimate of drug-likeness (QED) is 0.747. The van der Waals surface area contributed by atoms with Gasteiger partial charge in [-0.15, -0.1) is 17.5 Å². The first-order chi connectivity index (χ1) is 12.6. The fourth-order valence-corrected chi connectivity index (χ4v) is 3.47. The topological polar surface area (TPSA) is 81.1 Å². The summed E-state index contributed by atoms with van der Waals surface area (Å²) in [5, 5.41) is 14.8. The van der Waals surface area contributed by atoms with Crippen LogP contribution in [0.2, 0.25) is 0 Å². The van der Waals surface area contributed by atoms with Crippen molar-refractivity contribution in [3.63, 3.8) is 0 Å². The molecule has 3 rings (SSSR count). The molecule has 0 unspecified atom stereocenters. The van der Waals surface area contributed by atoms with E-state index in [1.807, 2.05) is 37.3 Å². The number of halogens is 1. The fraction of sp³-hybridized carbons (Fsp3) is 0.526. The minimum absolute atomic E-state index is 0. The smallest absolute Gasteiger partial charge is 0.226 e. The summed E-state index contributed by atoms with van der Waals surface area (Å²) in [5.41, 5.74) is 2.56. The first kappa shape index (κ1) is 21.3. The molecule has 0 spiro atoms. The van der Waals surface area contributed by atoms with Gasteiger partial charge in [0.1, 0.15) is 0 Å². The molecule has 1 aliphatic rings. The zero-order chi connectivity index (χ0) is 18.4. The number of hydrogen-bond donors (Lipinski definition) is 2. The maximum atomic E-state index is 12.5. The monoisotopic (exact) mass is 393 g/mol. The molecule has 0 saturated carbocycles. The van der Waals surface area contributed by atoms with Gasteiger partial charge < -0.3 is 15.4 Å². The van der Waals surface area contributed by atoms with Crippen molar-refractivity contribution in [1.29, 1.82) is 0 Å². The molecular weight excluding hydrogens is 366 g/mol. The summed E-state index contributed by atoms with van der Waals surface area (Å²) < 4.78 is 7.17. The number of carbonyl (C=O) groups is 1. The number of ether oxygens (including phenoxy) is 1. The van der Waals surface area contributed by atoms with Crippen LogP contribution in [0.4, 0.5) is 0 Å². The first-order valence-electron chi connectivity index (χ1n) is 9.06. The second kappa shape index (κ2) is 9.82. The van der Waals surface area contributed by atoms with Gasteiger partial charge in [-0.1, -0.05) is 23.4 Å². The molecule has 0 aliphatic carbocycles. The predicted octanol–water partition coefficient (Wildman–Crippen LogP) is 1.67. The van der Waals surface area contributed by atoms with Crippen molar-refractivity contribution in [2.75, 3.05) is 33.4 Å². The summed E-state index contributed by atoms with van der Waals surface area (Å²) in [6.07, 6.45) is 2.24. The molecule has 2 heterocycles. The molecule has 2 N–H and O–H groups in total. The van der Waals surface area contributed by atoms with E-state index in [4.69, 9.17) is 4.74 Å². The van der Waals surface area contributed by atoms with Crippen molar-refractivity contribution < 1.29 is 9.53 Å². The maximum Gasteiger partial charge on any atom is 0.226 e. The molecule has 1 fully saturated rings. The highest BCUT2D eigenvalue weighted by Gasteiger charge is 2.32. The van der Waals surface area contributed by atoms with Crippen molar-refractivity contribution in [3.05, 3.63) is 41.7 Å². The highest BCUT2D eigenvalue weighted by Crippen LogP contribution is 2.28. The summed E-state index contributed by atoms with van der Waals surface area (Å²) >= 11 is 0. The second-order valence-corrected chi connectivity index (χ2v) is 7.01. The van der Waals surface area contributed by atoms with E-state index in [0.717, 1.165) is 37.3 Å². The highest BCUT2D eigenvalue weighted by atomic mass is 35.5. The van der Waals surface area contributed by atoms with Crippen LogP contribution in [0.15, 0.2) is 30.3 Å². The molecule has 1 amide bonds. The Morgan fingerprint density at radius 1 is 1.30 bits per heavy atom. The van der Waals surface area contributed by atoms with Gasteiger partial charge >= 0.3 is 0 Å². The number of amides is 1. The molecule has 7 nitrogen and oxygen atoms in total. The molecule has 2 aromatic rings. The van der Waals surface area contributed by atoms with Crippen LogP contribution in [0.25, 0.3) is 5.69 Å². The van der Waals surface area contributed by atoms with E-state index in [2.05, 4.69) is 20.9 Å². The fourth-order valence-electron chi connectivity index (χ4n) is 3.47. The standard InChI is InChI=1S/C19H27N5O2.ClH/c1-15-17(22-23-24(15)16-6-4-3-5-7-16)12-18(25)21-13-19(14-26-2)8-10-20-11-9-19;/h3-7,20H,8-14H2,1-2H3,(H,21,25);1H. The van der Waals surface area contributed by atoms with Crippen LogP contribution in [0.3, 0.4) is 0 Å². The van der Waals surface area contributed by atoms with E-state index in [9.17, 15) is 4.79 Å². The molecular formula is C19H28ClN5O2. The lowest BCUT2D eigenvalue weighted by Crippen LogP contribution is -2.47. The van der Waals surface area contributed by atoms with Crippen LogP contribution in [0, 0.1) is 12.3 Å². The molecule has 1 aliphatic heterocycles. The lowest BCUT2D eigenvalue weighted by Gasteiger charge is -2.37. The number of methoxy groups -OCH3 is 1. The van der Waals surface area contributed by atoms with Gasteiger partial charge in [-0.3, -0.25) is 4.79 Å². The largest absolute Gasteiger partial charge is 0.384 e. The van der Waals surface area contributed by atoms with Crippen molar-refractivity contribution in [1.82, 2.24) is 25.6 Å². The van der Waals surface area contributed by atoms with Crippen molar-refractivity contribution in [3.8, 4) is 5.69 Å². The van der Waals surface area contributed by atoms with Gasteiger partial charge in [-0.05, 0) is 45.0 Å². The summed E-state index contributed by atoms with van der Waals surface area (Å²) in [4.78, 5) is 12.5. The summed E-state index contributed by atoms with van der Waals surface area (Å²) in [6.45, 7) is 5.16.